The van der Waals surface area contributed by atoms with Gasteiger partial charge in [0.1, 0.15) is 5.82 Å². The van der Waals surface area contributed by atoms with E-state index >= 15 is 0 Å². The van der Waals surface area contributed by atoms with Gasteiger partial charge < -0.3 is 15.4 Å². The lowest BCUT2D eigenvalue weighted by atomic mass is 10.1. The van der Waals surface area contributed by atoms with E-state index in [1.807, 2.05) is 6.07 Å². The Hall–Kier alpha value is -2.42. The van der Waals surface area contributed by atoms with E-state index in [9.17, 15) is 14.0 Å². The molecule has 138 valence electrons. The number of hydrogen-bond donors (Lipinski definition) is 2. The highest BCUT2D eigenvalue weighted by Gasteiger charge is 2.22. The number of ether oxygens (including phenoxy) is 1. The average molecular weight is 402 g/mol. The Bertz CT molecular complexity index is 1060. The molecule has 2 N–H and O–H groups in total. The van der Waals surface area contributed by atoms with Crippen molar-refractivity contribution in [3.63, 3.8) is 0 Å². The van der Waals surface area contributed by atoms with E-state index in [0.717, 1.165) is 4.90 Å². The van der Waals surface area contributed by atoms with Crippen LogP contribution in [0.2, 0.25) is 0 Å². The maximum absolute atomic E-state index is 14.3. The Balaban J connectivity index is 1.67. The molecule has 4 rings (SSSR count). The van der Waals surface area contributed by atoms with E-state index < -0.39 is 0 Å². The van der Waals surface area contributed by atoms with Gasteiger partial charge in [0.2, 0.25) is 5.91 Å². The maximum Gasteiger partial charge on any atom is 0.266 e. The highest BCUT2D eigenvalue weighted by atomic mass is 32.2. The minimum atomic E-state index is -0.372. The summed E-state index contributed by atoms with van der Waals surface area (Å²) >= 11 is 2.68. The van der Waals surface area contributed by atoms with Gasteiger partial charge in [-0.1, -0.05) is 6.07 Å². The summed E-state index contributed by atoms with van der Waals surface area (Å²) in [5.74, 6) is -0.397. The fourth-order valence-electron chi connectivity index (χ4n) is 2.98. The van der Waals surface area contributed by atoms with E-state index in [1.54, 1.807) is 24.3 Å². The van der Waals surface area contributed by atoms with Crippen LogP contribution in [0, 0.1) is 5.82 Å². The zero-order valence-electron chi connectivity index (χ0n) is 14.3. The zero-order valence-corrected chi connectivity index (χ0v) is 15.9. The van der Waals surface area contributed by atoms with Crippen LogP contribution in [0.1, 0.15) is 15.2 Å². The number of nitrogens with one attached hydrogen (secondary N) is 2. The molecule has 1 aliphatic heterocycles. The van der Waals surface area contributed by atoms with Gasteiger partial charge in [-0.05, 0) is 30.3 Å². The minimum Gasteiger partial charge on any atom is -0.380 e. The molecule has 0 aliphatic carbocycles. The van der Waals surface area contributed by atoms with Gasteiger partial charge in [-0.15, -0.1) is 23.1 Å². The second-order valence-electron chi connectivity index (χ2n) is 5.96. The molecular weight excluding hydrogens is 387 g/mol. The third-order valence-corrected chi connectivity index (χ3v) is 6.40. The molecule has 2 heterocycles. The maximum atomic E-state index is 14.3. The first-order valence-corrected chi connectivity index (χ1v) is 9.94. The third kappa shape index (κ3) is 3.43. The van der Waals surface area contributed by atoms with Crippen LogP contribution in [-0.4, -0.2) is 24.7 Å². The number of halogens is 1. The van der Waals surface area contributed by atoms with Crippen molar-refractivity contribution in [1.29, 1.82) is 0 Å². The molecule has 27 heavy (non-hydrogen) atoms. The first-order chi connectivity index (χ1) is 13.1. The SMILES string of the molecule is COCc1c(C(=O)Nc2ccc3c(c2)NC(=O)CS3)sc2cccc(F)c12. The Morgan fingerprint density at radius 3 is 3.00 bits per heavy atom. The fourth-order valence-corrected chi connectivity index (χ4v) is 4.89. The topological polar surface area (TPSA) is 67.4 Å². The van der Waals surface area contributed by atoms with Gasteiger partial charge in [-0.2, -0.15) is 0 Å². The summed E-state index contributed by atoms with van der Waals surface area (Å²) in [6.45, 7) is 0.139. The summed E-state index contributed by atoms with van der Waals surface area (Å²) in [6.07, 6.45) is 0. The Morgan fingerprint density at radius 2 is 2.19 bits per heavy atom. The largest absolute Gasteiger partial charge is 0.380 e. The summed E-state index contributed by atoms with van der Waals surface area (Å²) in [5.41, 5.74) is 1.77. The molecule has 8 heteroatoms. The number of carbonyl (C=O) groups excluding carboxylic acids is 2. The van der Waals surface area contributed by atoms with E-state index in [-0.39, 0.29) is 24.2 Å². The van der Waals surface area contributed by atoms with Crippen molar-refractivity contribution < 1.29 is 18.7 Å². The first kappa shape index (κ1) is 18.0. The van der Waals surface area contributed by atoms with Gasteiger partial charge in [0, 0.05) is 33.3 Å². The van der Waals surface area contributed by atoms with Crippen LogP contribution >= 0.6 is 23.1 Å². The molecule has 0 spiro atoms. The molecule has 1 aromatic heterocycles. The number of anilines is 2. The highest BCUT2D eigenvalue weighted by molar-refractivity contribution is 8.00. The Kier molecular flexibility index (Phi) is 4.86. The van der Waals surface area contributed by atoms with E-state index in [2.05, 4.69) is 10.6 Å². The van der Waals surface area contributed by atoms with Crippen molar-refractivity contribution in [1.82, 2.24) is 0 Å². The van der Waals surface area contributed by atoms with Gasteiger partial charge in [0.15, 0.2) is 0 Å². The number of carbonyl (C=O) groups is 2. The number of rotatable bonds is 4. The summed E-state index contributed by atoms with van der Waals surface area (Å²) in [7, 11) is 1.51. The lowest BCUT2D eigenvalue weighted by molar-refractivity contribution is -0.113. The van der Waals surface area contributed by atoms with E-state index in [4.69, 9.17) is 4.74 Å². The predicted octanol–water partition coefficient (Wildman–Crippen LogP) is 4.48. The van der Waals surface area contributed by atoms with Crippen molar-refractivity contribution in [3.8, 4) is 0 Å². The van der Waals surface area contributed by atoms with Gasteiger partial charge in [0.25, 0.3) is 5.91 Å². The van der Waals surface area contributed by atoms with Crippen molar-refractivity contribution in [2.75, 3.05) is 23.5 Å². The van der Waals surface area contributed by atoms with Crippen molar-refractivity contribution in [3.05, 3.63) is 52.7 Å². The second-order valence-corrected chi connectivity index (χ2v) is 8.03. The molecule has 5 nitrogen and oxygen atoms in total. The quantitative estimate of drug-likeness (QED) is 0.675. The number of amides is 2. The standard InChI is InChI=1S/C19H15FN2O3S2/c1-25-8-11-17-12(20)3-2-4-15(17)27-18(11)19(24)21-10-5-6-14-13(7-10)22-16(23)9-26-14/h2-7H,8-9H2,1H3,(H,21,24)(H,22,23). The monoisotopic (exact) mass is 402 g/mol. The molecule has 2 amide bonds. The number of benzene rings is 2. The molecule has 3 aromatic rings. The summed E-state index contributed by atoms with van der Waals surface area (Å²) in [5, 5.41) is 6.05. The number of methoxy groups -OCH3 is 1. The smallest absolute Gasteiger partial charge is 0.266 e. The molecular formula is C19H15FN2O3S2. The Labute approximate surface area is 162 Å². The van der Waals surface area contributed by atoms with Crippen LogP contribution < -0.4 is 10.6 Å². The first-order valence-electron chi connectivity index (χ1n) is 8.13. The minimum absolute atomic E-state index is 0.0710. The highest BCUT2D eigenvalue weighted by Crippen LogP contribution is 2.36. The van der Waals surface area contributed by atoms with Crippen LogP contribution in [0.3, 0.4) is 0 Å². The van der Waals surface area contributed by atoms with E-state index in [0.29, 0.717) is 37.7 Å². The van der Waals surface area contributed by atoms with Crippen LogP contribution in [0.15, 0.2) is 41.3 Å². The molecule has 0 saturated heterocycles. The molecule has 2 aromatic carbocycles. The van der Waals surface area contributed by atoms with Crippen LogP contribution in [0.4, 0.5) is 15.8 Å². The second kappa shape index (κ2) is 7.30. The van der Waals surface area contributed by atoms with Gasteiger partial charge in [0.05, 0.1) is 22.9 Å². The number of hydrogen-bond acceptors (Lipinski definition) is 5. The van der Waals surface area contributed by atoms with Crippen molar-refractivity contribution in [2.45, 2.75) is 11.5 Å². The van der Waals surface area contributed by atoms with Crippen LogP contribution in [-0.2, 0) is 16.1 Å². The fraction of sp³-hybridized carbons (Fsp3) is 0.158. The van der Waals surface area contributed by atoms with Crippen LogP contribution in [0.25, 0.3) is 10.1 Å². The summed E-state index contributed by atoms with van der Waals surface area (Å²) < 4.78 is 20.2. The van der Waals surface area contributed by atoms with Gasteiger partial charge in [-0.3, -0.25) is 9.59 Å². The van der Waals surface area contributed by atoms with Crippen LogP contribution in [0.5, 0.6) is 0 Å². The van der Waals surface area contributed by atoms with E-state index in [1.165, 1.54) is 36.3 Å². The predicted molar refractivity (Wildman–Crippen MR) is 106 cm³/mol. The molecule has 0 atom stereocenters. The molecule has 1 aliphatic rings. The molecule has 0 saturated carbocycles. The number of thioether (sulfide) groups is 1. The molecule has 0 bridgehead atoms. The van der Waals surface area contributed by atoms with Crippen molar-refractivity contribution in [2.24, 2.45) is 0 Å². The summed E-state index contributed by atoms with van der Waals surface area (Å²) in [6, 6.07) is 10.1. The lowest BCUT2D eigenvalue weighted by Crippen LogP contribution is -2.19. The third-order valence-electron chi connectivity index (χ3n) is 4.13. The number of fused-ring (bicyclic) bond motifs is 2. The molecule has 0 unspecified atom stereocenters. The summed E-state index contributed by atoms with van der Waals surface area (Å²) in [4.78, 5) is 25.8. The van der Waals surface area contributed by atoms with Crippen molar-refractivity contribution >= 4 is 56.4 Å². The van der Waals surface area contributed by atoms with Gasteiger partial charge >= 0.3 is 0 Å². The Morgan fingerprint density at radius 1 is 1.33 bits per heavy atom. The zero-order chi connectivity index (χ0) is 19.0. The average Bonchev–Trinajstić information content (AvgIpc) is 3.02. The number of thiophene rings is 1. The lowest BCUT2D eigenvalue weighted by Gasteiger charge is -2.17. The van der Waals surface area contributed by atoms with Gasteiger partial charge in [-0.25, -0.2) is 4.39 Å². The molecule has 0 radical (unpaired) electrons. The normalized spacial score (nSPS) is 13.3. The molecule has 0 fully saturated rings.